The van der Waals surface area contributed by atoms with Gasteiger partial charge in [-0.3, -0.25) is 23.5 Å². The summed E-state index contributed by atoms with van der Waals surface area (Å²) in [5, 5.41) is 5.75. The van der Waals surface area contributed by atoms with Gasteiger partial charge in [0.1, 0.15) is 17.5 Å². The minimum absolute atomic E-state index is 0.104. The number of hydrogen-bond acceptors (Lipinski definition) is 6. The Morgan fingerprint density at radius 1 is 1.00 bits per heavy atom. The molecule has 2 N–H and O–H groups in total. The first-order valence-corrected chi connectivity index (χ1v) is 14.0. The molecule has 1 aliphatic heterocycles. The molecule has 1 aliphatic carbocycles. The number of nitrogens with one attached hydrogen (secondary N) is 2. The summed E-state index contributed by atoms with van der Waals surface area (Å²) < 4.78 is 23.4. The van der Waals surface area contributed by atoms with Gasteiger partial charge in [-0.2, -0.15) is 0 Å². The number of ether oxygens (including phenoxy) is 2. The number of aryl methyl sites for hydroxylation is 1. The standard InChI is InChI=1S/C27H33N3O6S/c1-18-8-11-22(12-9-18)30(19(2)27(33)29-20-6-4-3-5-7-20)26(32)16-37(34)15-25(31)28-21-10-13-23-24(14-21)36-17-35-23/h8-14,19-20H,3-7,15-17H2,1-2H3,(H,28,31)(H,29,33). The van der Waals surface area contributed by atoms with Crippen LogP contribution in [0.15, 0.2) is 42.5 Å². The second-order valence-corrected chi connectivity index (χ2v) is 10.9. The topological polar surface area (TPSA) is 114 Å². The van der Waals surface area contributed by atoms with Crippen molar-refractivity contribution < 1.29 is 28.1 Å². The average Bonchev–Trinajstić information content (AvgIpc) is 3.33. The molecule has 2 aromatic rings. The Hall–Kier alpha value is -3.40. The van der Waals surface area contributed by atoms with Crippen molar-refractivity contribution in [3.05, 3.63) is 48.0 Å². The van der Waals surface area contributed by atoms with E-state index < -0.39 is 28.7 Å². The van der Waals surface area contributed by atoms with Crippen LogP contribution >= 0.6 is 0 Å². The zero-order valence-corrected chi connectivity index (χ0v) is 22.0. The molecule has 0 saturated heterocycles. The molecular weight excluding hydrogens is 494 g/mol. The first-order valence-electron chi connectivity index (χ1n) is 12.5. The van der Waals surface area contributed by atoms with Gasteiger partial charge in [-0.05, 0) is 51.0 Å². The first kappa shape index (κ1) is 26.7. The lowest BCUT2D eigenvalue weighted by molar-refractivity contribution is -0.126. The van der Waals surface area contributed by atoms with Crippen molar-refractivity contribution in [2.45, 2.75) is 58.0 Å². The number of amides is 3. The number of nitrogens with zero attached hydrogens (tertiary/aromatic N) is 1. The fraction of sp³-hybridized carbons (Fsp3) is 0.444. The van der Waals surface area contributed by atoms with E-state index in [-0.39, 0.29) is 30.2 Å². The zero-order chi connectivity index (χ0) is 26.4. The van der Waals surface area contributed by atoms with E-state index in [1.807, 2.05) is 19.1 Å². The van der Waals surface area contributed by atoms with Crippen LogP contribution in [0.4, 0.5) is 11.4 Å². The van der Waals surface area contributed by atoms with Crippen LogP contribution < -0.4 is 25.0 Å². The van der Waals surface area contributed by atoms with E-state index in [4.69, 9.17) is 9.47 Å². The first-order chi connectivity index (χ1) is 17.8. The molecule has 3 amide bonds. The highest BCUT2D eigenvalue weighted by atomic mass is 32.2. The molecule has 9 nitrogen and oxygen atoms in total. The van der Waals surface area contributed by atoms with Crippen LogP contribution in [0.5, 0.6) is 11.5 Å². The Kier molecular flexibility index (Phi) is 8.81. The van der Waals surface area contributed by atoms with Gasteiger partial charge in [0.2, 0.25) is 24.5 Å². The molecule has 2 aliphatic rings. The summed E-state index contributed by atoms with van der Waals surface area (Å²) in [6, 6.07) is 11.5. The summed E-state index contributed by atoms with van der Waals surface area (Å²) in [6.07, 6.45) is 5.18. The molecule has 2 aromatic carbocycles. The van der Waals surface area contributed by atoms with E-state index in [9.17, 15) is 18.6 Å². The lowest BCUT2D eigenvalue weighted by Crippen LogP contribution is -2.52. The van der Waals surface area contributed by atoms with E-state index in [0.29, 0.717) is 22.9 Å². The van der Waals surface area contributed by atoms with Crippen molar-refractivity contribution in [3.8, 4) is 11.5 Å². The number of benzene rings is 2. The molecule has 0 aromatic heterocycles. The number of fused-ring (bicyclic) bond motifs is 1. The molecule has 4 rings (SSSR count). The number of carbonyl (C=O) groups excluding carboxylic acids is 3. The molecule has 2 unspecified atom stereocenters. The molecule has 1 fully saturated rings. The molecule has 2 atom stereocenters. The van der Waals surface area contributed by atoms with Gasteiger partial charge in [0, 0.05) is 34.3 Å². The van der Waals surface area contributed by atoms with E-state index in [2.05, 4.69) is 10.6 Å². The van der Waals surface area contributed by atoms with Gasteiger partial charge < -0.3 is 20.1 Å². The third-order valence-corrected chi connectivity index (χ3v) is 7.69. The van der Waals surface area contributed by atoms with Gasteiger partial charge in [0.25, 0.3) is 0 Å². The number of anilines is 2. The molecule has 10 heteroatoms. The summed E-state index contributed by atoms with van der Waals surface area (Å²) in [5.74, 6) is -0.853. The lowest BCUT2D eigenvalue weighted by atomic mass is 9.95. The van der Waals surface area contributed by atoms with Crippen molar-refractivity contribution in [1.29, 1.82) is 0 Å². The summed E-state index contributed by atoms with van der Waals surface area (Å²) >= 11 is 0. The largest absolute Gasteiger partial charge is 0.454 e. The van der Waals surface area contributed by atoms with Crippen LogP contribution in [-0.2, 0) is 25.2 Å². The maximum atomic E-state index is 13.3. The van der Waals surface area contributed by atoms with Gasteiger partial charge >= 0.3 is 0 Å². The fourth-order valence-corrected chi connectivity index (χ4v) is 5.43. The van der Waals surface area contributed by atoms with E-state index >= 15 is 0 Å². The second-order valence-electron chi connectivity index (χ2n) is 9.46. The summed E-state index contributed by atoms with van der Waals surface area (Å²) in [7, 11) is -1.78. The highest BCUT2D eigenvalue weighted by Crippen LogP contribution is 2.34. The van der Waals surface area contributed by atoms with Gasteiger partial charge in [-0.1, -0.05) is 37.0 Å². The molecule has 37 heavy (non-hydrogen) atoms. The Morgan fingerprint density at radius 3 is 2.43 bits per heavy atom. The number of rotatable bonds is 9. The van der Waals surface area contributed by atoms with Crippen LogP contribution in [0.25, 0.3) is 0 Å². The third kappa shape index (κ3) is 7.09. The Balaban J connectivity index is 1.39. The predicted octanol–water partition coefficient (Wildman–Crippen LogP) is 3.28. The second kappa shape index (κ2) is 12.2. The van der Waals surface area contributed by atoms with E-state index in [1.54, 1.807) is 37.3 Å². The van der Waals surface area contributed by atoms with Gasteiger partial charge in [0.05, 0.1) is 0 Å². The van der Waals surface area contributed by atoms with Crippen molar-refractivity contribution in [2.75, 3.05) is 28.5 Å². The van der Waals surface area contributed by atoms with Crippen LogP contribution in [0, 0.1) is 6.92 Å². The quantitative estimate of drug-likeness (QED) is 0.517. The smallest absolute Gasteiger partial charge is 0.243 e. The third-order valence-electron chi connectivity index (χ3n) is 6.53. The molecule has 1 heterocycles. The zero-order valence-electron chi connectivity index (χ0n) is 21.2. The normalized spacial score (nSPS) is 16.5. The molecule has 0 bridgehead atoms. The Labute approximate surface area is 219 Å². The van der Waals surface area contributed by atoms with Crippen LogP contribution in [0.1, 0.15) is 44.6 Å². The van der Waals surface area contributed by atoms with Crippen molar-refractivity contribution in [3.63, 3.8) is 0 Å². The number of carbonyl (C=O) groups is 3. The molecule has 1 saturated carbocycles. The Morgan fingerprint density at radius 2 is 1.70 bits per heavy atom. The van der Waals surface area contributed by atoms with Gasteiger partial charge in [-0.15, -0.1) is 0 Å². The average molecular weight is 528 g/mol. The number of hydrogen-bond donors (Lipinski definition) is 2. The monoisotopic (exact) mass is 527 g/mol. The van der Waals surface area contributed by atoms with E-state index in [0.717, 1.165) is 31.2 Å². The van der Waals surface area contributed by atoms with E-state index in [1.165, 1.54) is 11.3 Å². The van der Waals surface area contributed by atoms with Crippen molar-refractivity contribution >= 4 is 39.9 Å². The maximum Gasteiger partial charge on any atom is 0.243 e. The predicted molar refractivity (Wildman–Crippen MR) is 142 cm³/mol. The minimum atomic E-state index is -1.78. The molecular formula is C27H33N3O6S. The van der Waals surface area contributed by atoms with Crippen LogP contribution in [0.3, 0.4) is 0 Å². The molecule has 0 radical (unpaired) electrons. The van der Waals surface area contributed by atoms with Crippen molar-refractivity contribution in [1.82, 2.24) is 5.32 Å². The highest BCUT2D eigenvalue weighted by molar-refractivity contribution is 7.86. The fourth-order valence-electron chi connectivity index (χ4n) is 4.55. The van der Waals surface area contributed by atoms with Gasteiger partial charge in [0.15, 0.2) is 11.5 Å². The highest BCUT2D eigenvalue weighted by Gasteiger charge is 2.30. The molecule has 0 spiro atoms. The SMILES string of the molecule is Cc1ccc(N(C(=O)CS(=O)CC(=O)Nc2ccc3c(c2)OCO3)C(C)C(=O)NC2CCCCC2)cc1. The minimum Gasteiger partial charge on any atom is -0.454 e. The maximum absolute atomic E-state index is 13.3. The van der Waals surface area contributed by atoms with Crippen molar-refractivity contribution in [2.24, 2.45) is 0 Å². The summed E-state index contributed by atoms with van der Waals surface area (Å²) in [4.78, 5) is 40.3. The van der Waals surface area contributed by atoms with Crippen LogP contribution in [0.2, 0.25) is 0 Å². The summed E-state index contributed by atoms with van der Waals surface area (Å²) in [6.45, 7) is 3.72. The van der Waals surface area contributed by atoms with Gasteiger partial charge in [-0.25, -0.2) is 0 Å². The molecule has 198 valence electrons. The Bertz CT molecular complexity index is 1160. The summed E-state index contributed by atoms with van der Waals surface area (Å²) in [5.41, 5.74) is 2.04. The van der Waals surface area contributed by atoms with Crippen LogP contribution in [-0.4, -0.2) is 52.3 Å². The lowest BCUT2D eigenvalue weighted by Gasteiger charge is -2.31.